The van der Waals surface area contributed by atoms with Crippen LogP contribution in [0, 0.1) is 0 Å². The van der Waals surface area contributed by atoms with Crippen molar-refractivity contribution in [2.75, 3.05) is 26.7 Å². The molecule has 2 N–H and O–H groups in total. The molecule has 1 aromatic carbocycles. The quantitative estimate of drug-likeness (QED) is 0.923. The van der Waals surface area contributed by atoms with Crippen molar-refractivity contribution < 1.29 is 4.74 Å². The number of pyridine rings is 1. The number of hydrogen-bond donors (Lipinski definition) is 1. The smallest absolute Gasteiger partial charge is 0.0750 e. The minimum Gasteiger partial charge on any atom is -0.380 e. The summed E-state index contributed by atoms with van der Waals surface area (Å²) in [4.78, 5) is 6.96. The Morgan fingerprint density at radius 2 is 2.25 bits per heavy atom. The van der Waals surface area contributed by atoms with Crippen LogP contribution in [0.1, 0.15) is 18.0 Å². The van der Waals surface area contributed by atoms with Crippen LogP contribution in [-0.4, -0.2) is 42.7 Å². The molecule has 1 aliphatic rings. The predicted octanol–water partition coefficient (Wildman–Crippen LogP) is 1.96. The molecule has 106 valence electrons. The Morgan fingerprint density at radius 3 is 3.00 bits per heavy atom. The third-order valence-electron chi connectivity index (χ3n) is 4.20. The van der Waals surface area contributed by atoms with Crippen LogP contribution in [0.2, 0.25) is 0 Å². The van der Waals surface area contributed by atoms with E-state index in [0.29, 0.717) is 12.6 Å². The van der Waals surface area contributed by atoms with Crippen molar-refractivity contribution in [3.05, 3.63) is 42.1 Å². The van der Waals surface area contributed by atoms with Crippen LogP contribution < -0.4 is 5.73 Å². The fourth-order valence-corrected chi connectivity index (χ4v) is 3.10. The average Bonchev–Trinajstić information content (AvgIpc) is 2.97. The summed E-state index contributed by atoms with van der Waals surface area (Å²) in [7, 11) is 1.78. The van der Waals surface area contributed by atoms with E-state index in [4.69, 9.17) is 10.5 Å². The van der Waals surface area contributed by atoms with Gasteiger partial charge in [0.15, 0.2) is 0 Å². The molecule has 0 aliphatic carbocycles. The standard InChI is InChI=1S/C16H21N3O/c1-20-13-7-9-19(11-13)15(10-17)14-6-2-4-12-5-3-8-18-16(12)14/h2-6,8,13,15H,7,9-11,17H2,1H3. The Morgan fingerprint density at radius 1 is 1.40 bits per heavy atom. The van der Waals surface area contributed by atoms with Crippen LogP contribution >= 0.6 is 0 Å². The van der Waals surface area contributed by atoms with Gasteiger partial charge in [-0.25, -0.2) is 0 Å². The largest absolute Gasteiger partial charge is 0.380 e. The topological polar surface area (TPSA) is 51.4 Å². The summed E-state index contributed by atoms with van der Waals surface area (Å²) in [6.07, 6.45) is 3.25. The minimum atomic E-state index is 0.216. The number of hydrogen-bond acceptors (Lipinski definition) is 4. The highest BCUT2D eigenvalue weighted by molar-refractivity contribution is 5.82. The van der Waals surface area contributed by atoms with Gasteiger partial charge in [-0.05, 0) is 18.1 Å². The zero-order chi connectivity index (χ0) is 13.9. The van der Waals surface area contributed by atoms with Gasteiger partial charge in [0.05, 0.1) is 11.6 Å². The van der Waals surface area contributed by atoms with Gasteiger partial charge in [0.2, 0.25) is 0 Å². The molecular formula is C16H21N3O. The molecule has 4 nitrogen and oxygen atoms in total. The van der Waals surface area contributed by atoms with E-state index in [1.165, 1.54) is 10.9 Å². The molecule has 2 aromatic rings. The van der Waals surface area contributed by atoms with Gasteiger partial charge in [-0.2, -0.15) is 0 Å². The van der Waals surface area contributed by atoms with E-state index in [2.05, 4.69) is 34.1 Å². The van der Waals surface area contributed by atoms with Crippen molar-refractivity contribution in [3.8, 4) is 0 Å². The SMILES string of the molecule is COC1CCN(C(CN)c2cccc3cccnc23)C1. The van der Waals surface area contributed by atoms with Gasteiger partial charge in [-0.1, -0.05) is 24.3 Å². The first-order chi connectivity index (χ1) is 9.83. The van der Waals surface area contributed by atoms with Crippen molar-refractivity contribution in [3.63, 3.8) is 0 Å². The van der Waals surface area contributed by atoms with Crippen LogP contribution in [0.25, 0.3) is 10.9 Å². The third-order valence-corrected chi connectivity index (χ3v) is 4.20. The first-order valence-electron chi connectivity index (χ1n) is 7.14. The van der Waals surface area contributed by atoms with Crippen LogP contribution in [-0.2, 0) is 4.74 Å². The van der Waals surface area contributed by atoms with E-state index >= 15 is 0 Å². The number of nitrogens with two attached hydrogens (primary N) is 1. The lowest BCUT2D eigenvalue weighted by molar-refractivity contribution is 0.101. The third kappa shape index (κ3) is 2.42. The maximum absolute atomic E-state index is 6.05. The molecule has 0 spiro atoms. The van der Waals surface area contributed by atoms with Crippen LogP contribution in [0.3, 0.4) is 0 Å². The molecule has 1 aliphatic heterocycles. The summed E-state index contributed by atoms with van der Waals surface area (Å²) < 4.78 is 5.46. The second-order valence-corrected chi connectivity index (χ2v) is 5.32. The number of methoxy groups -OCH3 is 1. The van der Waals surface area contributed by atoms with E-state index in [9.17, 15) is 0 Å². The zero-order valence-corrected chi connectivity index (χ0v) is 11.8. The zero-order valence-electron chi connectivity index (χ0n) is 11.8. The molecular weight excluding hydrogens is 250 g/mol. The number of nitrogens with zero attached hydrogens (tertiary/aromatic N) is 2. The molecule has 1 aromatic heterocycles. The molecule has 4 heteroatoms. The van der Waals surface area contributed by atoms with E-state index < -0.39 is 0 Å². The summed E-state index contributed by atoms with van der Waals surface area (Å²) in [5.74, 6) is 0. The van der Waals surface area contributed by atoms with Gasteiger partial charge in [-0.3, -0.25) is 9.88 Å². The first-order valence-corrected chi connectivity index (χ1v) is 7.14. The van der Waals surface area contributed by atoms with Crippen molar-refractivity contribution in [2.45, 2.75) is 18.6 Å². The average molecular weight is 271 g/mol. The lowest BCUT2D eigenvalue weighted by Crippen LogP contribution is -2.33. The molecule has 0 radical (unpaired) electrons. The van der Waals surface area contributed by atoms with Crippen LogP contribution in [0.4, 0.5) is 0 Å². The Kier molecular flexibility index (Phi) is 3.96. The van der Waals surface area contributed by atoms with Gasteiger partial charge in [0, 0.05) is 44.4 Å². The summed E-state index contributed by atoms with van der Waals surface area (Å²) in [6.45, 7) is 2.58. The molecule has 2 atom stereocenters. The number of ether oxygens (including phenoxy) is 1. The van der Waals surface area contributed by atoms with E-state index in [0.717, 1.165) is 25.0 Å². The lowest BCUT2D eigenvalue weighted by Gasteiger charge is -2.27. The van der Waals surface area contributed by atoms with Gasteiger partial charge in [0.1, 0.15) is 0 Å². The number of rotatable bonds is 4. The Labute approximate surface area is 119 Å². The molecule has 2 heterocycles. The van der Waals surface area contributed by atoms with Gasteiger partial charge >= 0.3 is 0 Å². The highest BCUT2D eigenvalue weighted by Gasteiger charge is 2.29. The molecule has 1 saturated heterocycles. The second kappa shape index (κ2) is 5.87. The fraction of sp³-hybridized carbons (Fsp3) is 0.438. The van der Waals surface area contributed by atoms with Crippen molar-refractivity contribution >= 4 is 10.9 Å². The summed E-state index contributed by atoms with van der Waals surface area (Å²) >= 11 is 0. The number of fused-ring (bicyclic) bond motifs is 1. The number of aromatic nitrogens is 1. The van der Waals surface area contributed by atoms with Crippen LogP contribution in [0.5, 0.6) is 0 Å². The van der Waals surface area contributed by atoms with E-state index in [-0.39, 0.29) is 6.04 Å². The van der Waals surface area contributed by atoms with Gasteiger partial charge in [0.25, 0.3) is 0 Å². The number of benzene rings is 1. The number of likely N-dealkylation sites (tertiary alicyclic amines) is 1. The Balaban J connectivity index is 1.95. The summed E-state index contributed by atoms with van der Waals surface area (Å²) in [5, 5.41) is 1.17. The molecule has 0 saturated carbocycles. The van der Waals surface area contributed by atoms with Crippen molar-refractivity contribution in [1.82, 2.24) is 9.88 Å². The highest BCUT2D eigenvalue weighted by atomic mass is 16.5. The summed E-state index contributed by atoms with van der Waals surface area (Å²) in [6, 6.07) is 10.6. The maximum atomic E-state index is 6.05. The molecule has 0 bridgehead atoms. The molecule has 1 fully saturated rings. The van der Waals surface area contributed by atoms with Gasteiger partial charge < -0.3 is 10.5 Å². The normalized spacial score (nSPS) is 21.4. The van der Waals surface area contributed by atoms with Crippen LogP contribution in [0.15, 0.2) is 36.5 Å². The molecule has 0 amide bonds. The first kappa shape index (κ1) is 13.5. The molecule has 2 unspecified atom stereocenters. The Hall–Kier alpha value is -1.49. The van der Waals surface area contributed by atoms with E-state index in [1.54, 1.807) is 7.11 Å². The maximum Gasteiger partial charge on any atom is 0.0750 e. The minimum absolute atomic E-state index is 0.216. The van der Waals surface area contributed by atoms with E-state index in [1.807, 2.05) is 12.3 Å². The monoisotopic (exact) mass is 271 g/mol. The molecule has 3 rings (SSSR count). The molecule has 20 heavy (non-hydrogen) atoms. The second-order valence-electron chi connectivity index (χ2n) is 5.32. The highest BCUT2D eigenvalue weighted by Crippen LogP contribution is 2.29. The van der Waals surface area contributed by atoms with Gasteiger partial charge in [-0.15, -0.1) is 0 Å². The van der Waals surface area contributed by atoms with Crippen molar-refractivity contribution in [2.24, 2.45) is 5.73 Å². The summed E-state index contributed by atoms with van der Waals surface area (Å²) in [5.41, 5.74) is 8.34. The predicted molar refractivity (Wildman–Crippen MR) is 80.5 cm³/mol. The fourth-order valence-electron chi connectivity index (χ4n) is 3.10. The Bertz CT molecular complexity index is 581. The lowest BCUT2D eigenvalue weighted by atomic mass is 10.0. The van der Waals surface area contributed by atoms with Crippen molar-refractivity contribution in [1.29, 1.82) is 0 Å². The number of para-hydroxylation sites is 1.